The third-order valence-electron chi connectivity index (χ3n) is 0.854. The van der Waals surface area contributed by atoms with Crippen LogP contribution in [0.5, 0.6) is 0 Å². The maximum Gasteiger partial charge on any atom is 0.137 e. The normalized spacial score (nSPS) is 9.62. The van der Waals surface area contributed by atoms with Crippen molar-refractivity contribution in [1.82, 2.24) is 14.8 Å². The summed E-state index contributed by atoms with van der Waals surface area (Å²) in [6, 6.07) is 0. The molecule has 0 unspecified atom stereocenters. The molecule has 0 radical (unpaired) electrons. The van der Waals surface area contributed by atoms with Crippen LogP contribution in [0.1, 0.15) is 0 Å². The van der Waals surface area contributed by atoms with E-state index >= 15 is 0 Å². The largest absolute Gasteiger partial charge is 0.356 e. The van der Waals surface area contributed by atoms with Crippen molar-refractivity contribution in [3.63, 3.8) is 0 Å². The van der Waals surface area contributed by atoms with Crippen LogP contribution in [-0.4, -0.2) is 21.3 Å². The van der Waals surface area contributed by atoms with E-state index in [4.69, 9.17) is 0 Å². The summed E-state index contributed by atoms with van der Waals surface area (Å²) in [4.78, 5) is 3.76. The Morgan fingerprint density at radius 3 is 3.00 bits per heavy atom. The molecular weight excluding hydrogens is 104 g/mol. The van der Waals surface area contributed by atoms with E-state index in [1.54, 1.807) is 11.0 Å². The summed E-state index contributed by atoms with van der Waals surface area (Å²) in [5, 5.41) is 3.87. The molecular formula is C4H9N4+. The zero-order chi connectivity index (χ0) is 5.82. The summed E-state index contributed by atoms with van der Waals surface area (Å²) in [5.74, 6) is 0. The minimum atomic E-state index is 0.861. The molecule has 1 aromatic rings. The summed E-state index contributed by atoms with van der Waals surface area (Å²) in [6.07, 6.45) is 3.21. The molecule has 4 heteroatoms. The van der Waals surface area contributed by atoms with Crippen molar-refractivity contribution in [1.29, 1.82) is 0 Å². The van der Waals surface area contributed by atoms with Crippen molar-refractivity contribution in [2.24, 2.45) is 0 Å². The van der Waals surface area contributed by atoms with Gasteiger partial charge in [0.05, 0.1) is 13.1 Å². The summed E-state index contributed by atoms with van der Waals surface area (Å²) in [7, 11) is 0. The zero-order valence-corrected chi connectivity index (χ0v) is 4.62. The predicted molar refractivity (Wildman–Crippen MR) is 27.8 cm³/mol. The van der Waals surface area contributed by atoms with Gasteiger partial charge in [-0.25, -0.2) is 9.67 Å². The lowest BCUT2D eigenvalue weighted by Gasteiger charge is -1.89. The van der Waals surface area contributed by atoms with Gasteiger partial charge in [0, 0.05) is 0 Å². The molecule has 0 fully saturated rings. The summed E-state index contributed by atoms with van der Waals surface area (Å²) in [6.45, 7) is 1.73. The van der Waals surface area contributed by atoms with E-state index in [-0.39, 0.29) is 0 Å². The highest BCUT2D eigenvalue weighted by molar-refractivity contribution is 4.53. The lowest BCUT2D eigenvalue weighted by molar-refractivity contribution is -0.370. The van der Waals surface area contributed by atoms with Gasteiger partial charge < -0.3 is 5.73 Å². The van der Waals surface area contributed by atoms with Gasteiger partial charge in [0.25, 0.3) is 0 Å². The van der Waals surface area contributed by atoms with Crippen LogP contribution in [0, 0.1) is 0 Å². The van der Waals surface area contributed by atoms with E-state index in [2.05, 4.69) is 15.8 Å². The Bertz CT molecular complexity index is 134. The van der Waals surface area contributed by atoms with Crippen molar-refractivity contribution in [3.05, 3.63) is 12.7 Å². The molecule has 0 spiro atoms. The molecule has 1 rings (SSSR count). The monoisotopic (exact) mass is 113 g/mol. The summed E-state index contributed by atoms with van der Waals surface area (Å²) in [5.41, 5.74) is 3.67. The maximum absolute atomic E-state index is 3.87. The molecule has 44 valence electrons. The van der Waals surface area contributed by atoms with Gasteiger partial charge in [0.15, 0.2) is 0 Å². The zero-order valence-electron chi connectivity index (χ0n) is 4.62. The van der Waals surface area contributed by atoms with E-state index < -0.39 is 0 Å². The number of nitrogens with zero attached hydrogens (tertiary/aromatic N) is 3. The van der Waals surface area contributed by atoms with Crippen LogP contribution in [0.2, 0.25) is 0 Å². The first-order valence-corrected chi connectivity index (χ1v) is 2.55. The smallest absolute Gasteiger partial charge is 0.137 e. The van der Waals surface area contributed by atoms with Crippen LogP contribution in [0.3, 0.4) is 0 Å². The van der Waals surface area contributed by atoms with E-state index in [1.807, 2.05) is 0 Å². The highest BCUT2D eigenvalue weighted by atomic mass is 15.3. The second kappa shape index (κ2) is 2.42. The molecule has 0 aliphatic heterocycles. The highest BCUT2D eigenvalue weighted by Gasteiger charge is 1.85. The molecule has 4 nitrogen and oxygen atoms in total. The number of hydrogen-bond donors (Lipinski definition) is 1. The Morgan fingerprint density at radius 1 is 1.62 bits per heavy atom. The fraction of sp³-hybridized carbons (Fsp3) is 0.500. The fourth-order valence-electron chi connectivity index (χ4n) is 0.510. The molecule has 1 heterocycles. The summed E-state index contributed by atoms with van der Waals surface area (Å²) >= 11 is 0. The number of aromatic nitrogens is 3. The van der Waals surface area contributed by atoms with Crippen LogP contribution in [0.4, 0.5) is 0 Å². The van der Waals surface area contributed by atoms with Gasteiger partial charge in [-0.1, -0.05) is 0 Å². The molecule has 3 N–H and O–H groups in total. The average Bonchev–Trinajstić information content (AvgIpc) is 2.19. The van der Waals surface area contributed by atoms with E-state index in [0.717, 1.165) is 13.1 Å². The van der Waals surface area contributed by atoms with Crippen molar-refractivity contribution in [2.75, 3.05) is 6.54 Å². The van der Waals surface area contributed by atoms with Gasteiger partial charge in [-0.15, -0.1) is 0 Å². The quantitative estimate of drug-likeness (QED) is 0.508. The first-order chi connectivity index (χ1) is 3.93. The molecule has 0 saturated carbocycles. The van der Waals surface area contributed by atoms with E-state index in [9.17, 15) is 0 Å². The van der Waals surface area contributed by atoms with Gasteiger partial charge in [-0.2, -0.15) is 5.10 Å². The molecule has 0 amide bonds. The third kappa shape index (κ3) is 1.04. The van der Waals surface area contributed by atoms with Crippen LogP contribution < -0.4 is 5.73 Å². The third-order valence-corrected chi connectivity index (χ3v) is 0.854. The molecule has 8 heavy (non-hydrogen) atoms. The molecule has 0 aliphatic carbocycles. The van der Waals surface area contributed by atoms with Gasteiger partial charge >= 0.3 is 0 Å². The predicted octanol–water partition coefficient (Wildman–Crippen LogP) is -1.48. The Hall–Kier alpha value is -0.900. The van der Waals surface area contributed by atoms with Crippen LogP contribution in [0.25, 0.3) is 0 Å². The SMILES string of the molecule is [NH3+]CCn1cncn1. The van der Waals surface area contributed by atoms with Crippen molar-refractivity contribution in [2.45, 2.75) is 6.54 Å². The fourth-order valence-corrected chi connectivity index (χ4v) is 0.510. The van der Waals surface area contributed by atoms with Crippen LogP contribution in [-0.2, 0) is 6.54 Å². The Morgan fingerprint density at radius 2 is 2.50 bits per heavy atom. The molecule has 1 aromatic heterocycles. The lowest BCUT2D eigenvalue weighted by atomic mass is 10.7. The highest BCUT2D eigenvalue weighted by Crippen LogP contribution is 1.73. The average molecular weight is 113 g/mol. The summed E-state index contributed by atoms with van der Waals surface area (Å²) < 4.78 is 1.76. The topological polar surface area (TPSA) is 58.4 Å². The second-order valence-corrected chi connectivity index (χ2v) is 1.51. The molecule has 0 atom stereocenters. The Balaban J connectivity index is 2.50. The first-order valence-electron chi connectivity index (χ1n) is 2.55. The van der Waals surface area contributed by atoms with Gasteiger partial charge in [-0.05, 0) is 0 Å². The standard InChI is InChI=1S/C4H8N4/c5-1-2-8-4-6-3-7-8/h3-4H,1-2,5H2/p+1. The first kappa shape index (κ1) is 5.24. The number of rotatable bonds is 2. The second-order valence-electron chi connectivity index (χ2n) is 1.51. The molecule has 0 bridgehead atoms. The van der Waals surface area contributed by atoms with E-state index in [0.29, 0.717) is 0 Å². The molecule has 0 aliphatic rings. The minimum Gasteiger partial charge on any atom is -0.356 e. The molecule has 0 saturated heterocycles. The van der Waals surface area contributed by atoms with Crippen LogP contribution in [0.15, 0.2) is 12.7 Å². The Kier molecular flexibility index (Phi) is 1.58. The Labute approximate surface area is 47.3 Å². The number of quaternary nitrogens is 1. The van der Waals surface area contributed by atoms with Gasteiger partial charge in [-0.3, -0.25) is 0 Å². The maximum atomic E-state index is 3.87. The molecule has 0 aromatic carbocycles. The van der Waals surface area contributed by atoms with Crippen molar-refractivity contribution >= 4 is 0 Å². The van der Waals surface area contributed by atoms with Gasteiger partial charge in [0.2, 0.25) is 0 Å². The minimum absolute atomic E-state index is 0.861. The van der Waals surface area contributed by atoms with Crippen LogP contribution >= 0.6 is 0 Å². The number of hydrogen-bond acceptors (Lipinski definition) is 2. The van der Waals surface area contributed by atoms with Crippen molar-refractivity contribution in [3.8, 4) is 0 Å². The van der Waals surface area contributed by atoms with E-state index in [1.165, 1.54) is 6.33 Å². The van der Waals surface area contributed by atoms with Gasteiger partial charge in [0.1, 0.15) is 12.7 Å². The van der Waals surface area contributed by atoms with Crippen molar-refractivity contribution < 1.29 is 5.73 Å². The lowest BCUT2D eigenvalue weighted by Crippen LogP contribution is -2.52.